The number of para-hydroxylation sites is 1. The molecule has 1 amide bonds. The Labute approximate surface area is 270 Å². The van der Waals surface area contributed by atoms with E-state index in [4.69, 9.17) is 10.00 Å². The maximum Gasteiger partial charge on any atom is 0.429 e. The molecule has 1 atom stereocenters. The minimum Gasteiger partial charge on any atom is -0.481 e. The molecule has 0 fully saturated rings. The molecule has 0 radical (unpaired) electrons. The predicted molar refractivity (Wildman–Crippen MR) is 178 cm³/mol. The zero-order chi connectivity index (χ0) is 33.3. The lowest BCUT2D eigenvalue weighted by molar-refractivity contribution is -0.142. The lowest BCUT2D eigenvalue weighted by Gasteiger charge is -2.27. The fourth-order valence-corrected chi connectivity index (χ4v) is 6.38. The Morgan fingerprint density at radius 3 is 2.07 bits per heavy atom. The number of carbonyl (C=O) groups is 2. The third kappa shape index (κ3) is 9.05. The monoisotopic (exact) mass is 638 g/mol. The van der Waals surface area contributed by atoms with Crippen molar-refractivity contribution >= 4 is 27.8 Å². The van der Waals surface area contributed by atoms with Crippen molar-refractivity contribution in [1.82, 2.24) is 0 Å². The van der Waals surface area contributed by atoms with E-state index in [1.165, 1.54) is 24.3 Å². The molecule has 0 bridgehead atoms. The van der Waals surface area contributed by atoms with Crippen LogP contribution >= 0.6 is 0 Å². The molecule has 4 rings (SSSR count). The number of carbonyl (C=O) groups excluding carboxylic acids is 1. The number of nitrogens with zero attached hydrogens (tertiary/aromatic N) is 2. The summed E-state index contributed by atoms with van der Waals surface area (Å²) >= 11 is 0. The third-order valence-electron chi connectivity index (χ3n) is 7.44. The Bertz CT molecular complexity index is 1790. The van der Waals surface area contributed by atoms with Crippen LogP contribution < -0.4 is 4.31 Å². The first kappa shape index (κ1) is 33.9. The summed E-state index contributed by atoms with van der Waals surface area (Å²) in [6, 6.07) is 31.9. The molecular weight excluding hydrogens is 600 g/mol. The average molecular weight is 639 g/mol. The van der Waals surface area contributed by atoms with Crippen molar-refractivity contribution in [1.29, 1.82) is 5.26 Å². The summed E-state index contributed by atoms with van der Waals surface area (Å²) in [5.41, 5.74) is 3.72. The first-order chi connectivity index (χ1) is 21.9. The Morgan fingerprint density at radius 1 is 0.826 bits per heavy atom. The normalized spacial score (nSPS) is 12.1. The van der Waals surface area contributed by atoms with E-state index in [1.54, 1.807) is 57.2 Å². The van der Waals surface area contributed by atoms with Crippen LogP contribution in [0.15, 0.2) is 108 Å². The Kier molecular flexibility index (Phi) is 11.0. The SMILES string of the molecule is CC(C)(C)OC(=O)N(c1ccccc1)S(=O)(=O)c1ccc(CCCC(CCc2ccc(-c3cccc(C#N)c3)cc2)C(=O)O)cc1. The number of aliphatic carboxylic acids is 1. The van der Waals surface area contributed by atoms with Crippen LogP contribution in [0.5, 0.6) is 0 Å². The van der Waals surface area contributed by atoms with Crippen molar-refractivity contribution in [3.05, 3.63) is 120 Å². The molecule has 8 nitrogen and oxygen atoms in total. The lowest BCUT2D eigenvalue weighted by Crippen LogP contribution is -2.41. The van der Waals surface area contributed by atoms with Gasteiger partial charge in [0.25, 0.3) is 10.0 Å². The molecule has 4 aromatic carbocycles. The minimum absolute atomic E-state index is 0.0573. The van der Waals surface area contributed by atoms with E-state index in [1.807, 2.05) is 42.5 Å². The van der Waals surface area contributed by atoms with Gasteiger partial charge in [0.2, 0.25) is 0 Å². The van der Waals surface area contributed by atoms with Gasteiger partial charge in [0, 0.05) is 0 Å². The van der Waals surface area contributed by atoms with Crippen molar-refractivity contribution < 1.29 is 27.9 Å². The maximum absolute atomic E-state index is 13.6. The van der Waals surface area contributed by atoms with Gasteiger partial charge in [0.1, 0.15) is 5.60 Å². The molecule has 0 aliphatic heterocycles. The molecule has 238 valence electrons. The van der Waals surface area contributed by atoms with Crippen LogP contribution in [-0.2, 0) is 32.4 Å². The van der Waals surface area contributed by atoms with Gasteiger partial charge < -0.3 is 9.84 Å². The smallest absolute Gasteiger partial charge is 0.429 e. The summed E-state index contributed by atoms with van der Waals surface area (Å²) in [6.45, 7) is 5.00. The van der Waals surface area contributed by atoms with Gasteiger partial charge in [-0.05, 0) is 112 Å². The summed E-state index contributed by atoms with van der Waals surface area (Å²) in [6.07, 6.45) is 1.80. The molecule has 0 aromatic heterocycles. The van der Waals surface area contributed by atoms with Gasteiger partial charge >= 0.3 is 12.1 Å². The van der Waals surface area contributed by atoms with Crippen LogP contribution in [0, 0.1) is 17.2 Å². The van der Waals surface area contributed by atoms with Crippen LogP contribution in [0.25, 0.3) is 11.1 Å². The second-order valence-corrected chi connectivity index (χ2v) is 13.9. The number of hydrogen-bond donors (Lipinski definition) is 1. The molecule has 0 saturated heterocycles. The summed E-state index contributed by atoms with van der Waals surface area (Å²) in [5.74, 6) is -1.35. The number of rotatable bonds is 12. The highest BCUT2D eigenvalue weighted by Gasteiger charge is 2.34. The molecule has 0 saturated carbocycles. The van der Waals surface area contributed by atoms with Gasteiger partial charge in [-0.3, -0.25) is 4.79 Å². The Morgan fingerprint density at radius 2 is 1.46 bits per heavy atom. The molecule has 0 heterocycles. The van der Waals surface area contributed by atoms with Crippen LogP contribution in [0.4, 0.5) is 10.5 Å². The second-order valence-electron chi connectivity index (χ2n) is 12.1. The zero-order valence-corrected chi connectivity index (χ0v) is 27.0. The number of sulfonamides is 1. The summed E-state index contributed by atoms with van der Waals surface area (Å²) in [4.78, 5) is 25.0. The summed E-state index contributed by atoms with van der Waals surface area (Å²) in [7, 11) is -4.28. The molecule has 0 aliphatic rings. The van der Waals surface area contributed by atoms with E-state index in [0.29, 0.717) is 42.0 Å². The number of carboxylic acids is 1. The predicted octanol–water partition coefficient (Wildman–Crippen LogP) is 8.01. The quantitative estimate of drug-likeness (QED) is 0.167. The van der Waals surface area contributed by atoms with E-state index in [2.05, 4.69) is 6.07 Å². The van der Waals surface area contributed by atoms with E-state index in [9.17, 15) is 23.1 Å². The first-order valence-corrected chi connectivity index (χ1v) is 16.6. The highest BCUT2D eigenvalue weighted by molar-refractivity contribution is 7.93. The molecule has 1 N–H and O–H groups in total. The maximum atomic E-state index is 13.6. The number of nitriles is 1. The second kappa shape index (κ2) is 14.9. The highest BCUT2D eigenvalue weighted by Crippen LogP contribution is 2.27. The van der Waals surface area contributed by atoms with Crippen molar-refractivity contribution in [2.75, 3.05) is 4.31 Å². The number of amides is 1. The molecule has 9 heteroatoms. The minimum atomic E-state index is -4.28. The van der Waals surface area contributed by atoms with E-state index in [0.717, 1.165) is 22.3 Å². The first-order valence-electron chi connectivity index (χ1n) is 15.1. The third-order valence-corrected chi connectivity index (χ3v) is 9.15. The number of carboxylic acid groups (broad SMARTS) is 1. The number of hydrogen-bond acceptors (Lipinski definition) is 6. The van der Waals surface area contributed by atoms with Gasteiger partial charge in [-0.2, -0.15) is 9.57 Å². The van der Waals surface area contributed by atoms with Gasteiger partial charge in [0.15, 0.2) is 0 Å². The van der Waals surface area contributed by atoms with Gasteiger partial charge in [-0.25, -0.2) is 13.2 Å². The van der Waals surface area contributed by atoms with Gasteiger partial charge in [-0.1, -0.05) is 66.7 Å². The standard InChI is InChI=1S/C37H38N2O6S/c1-37(2,3)45-36(42)39(33-13-5-4-6-14-33)46(43,44)34-23-18-27(19-24-34)9-7-11-31(35(40)41)22-17-28-15-20-30(21-16-28)32-12-8-10-29(25-32)26-38/h4-6,8,10,12-16,18-21,23-25,31H,7,9,11,17,22H2,1-3H3,(H,40,41). The molecular formula is C37H38N2O6S. The molecule has 0 aliphatic carbocycles. The molecule has 46 heavy (non-hydrogen) atoms. The summed E-state index contributed by atoms with van der Waals surface area (Å²) < 4.78 is 33.3. The largest absolute Gasteiger partial charge is 0.481 e. The Balaban J connectivity index is 1.36. The van der Waals surface area contributed by atoms with E-state index < -0.39 is 33.6 Å². The highest BCUT2D eigenvalue weighted by atomic mass is 32.2. The van der Waals surface area contributed by atoms with Crippen LogP contribution in [0.2, 0.25) is 0 Å². The van der Waals surface area contributed by atoms with Crippen molar-refractivity contribution in [3.63, 3.8) is 0 Å². The number of aryl methyl sites for hydroxylation is 2. The van der Waals surface area contributed by atoms with Crippen LogP contribution in [-0.4, -0.2) is 31.2 Å². The van der Waals surface area contributed by atoms with Crippen LogP contribution in [0.1, 0.15) is 56.7 Å². The average Bonchev–Trinajstić information content (AvgIpc) is 3.02. The van der Waals surface area contributed by atoms with Crippen LogP contribution in [0.3, 0.4) is 0 Å². The van der Waals surface area contributed by atoms with E-state index in [-0.39, 0.29) is 10.6 Å². The molecule has 0 spiro atoms. The van der Waals surface area contributed by atoms with Crippen molar-refractivity contribution in [2.45, 2.75) is 63.4 Å². The fraction of sp³-hybridized carbons (Fsp3) is 0.270. The molecule has 1 unspecified atom stereocenters. The van der Waals surface area contributed by atoms with Gasteiger partial charge in [-0.15, -0.1) is 0 Å². The van der Waals surface area contributed by atoms with Crippen molar-refractivity contribution in [3.8, 4) is 17.2 Å². The van der Waals surface area contributed by atoms with Gasteiger partial charge in [0.05, 0.1) is 28.1 Å². The lowest BCUT2D eigenvalue weighted by atomic mass is 9.93. The Hall–Kier alpha value is -4.94. The number of ether oxygens (including phenoxy) is 1. The topological polar surface area (TPSA) is 125 Å². The van der Waals surface area contributed by atoms with E-state index >= 15 is 0 Å². The zero-order valence-electron chi connectivity index (χ0n) is 26.2. The summed E-state index contributed by atoms with van der Waals surface area (Å²) in [5, 5.41) is 19.0. The molecule has 4 aromatic rings. The number of benzene rings is 4. The fourth-order valence-electron chi connectivity index (χ4n) is 5.06. The van der Waals surface area contributed by atoms with Crippen molar-refractivity contribution in [2.24, 2.45) is 5.92 Å². The number of anilines is 1.